The monoisotopic (exact) mass is 261 g/mol. The molecule has 7 heteroatoms. The Balaban J connectivity index is 1.99. The van der Waals surface area contributed by atoms with Gasteiger partial charge in [-0.25, -0.2) is 4.39 Å². The Labute approximate surface area is 106 Å². The highest BCUT2D eigenvalue weighted by atomic mass is 19.1. The van der Waals surface area contributed by atoms with Gasteiger partial charge in [0.15, 0.2) is 0 Å². The normalized spacial score (nSPS) is 14.1. The van der Waals surface area contributed by atoms with E-state index < -0.39 is 17.5 Å². The molecule has 1 aromatic heterocycles. The average Bonchev–Trinajstić information content (AvgIpc) is 2.88. The number of carbonyl (C=O) groups is 2. The molecule has 96 valence electrons. The van der Waals surface area contributed by atoms with Crippen LogP contribution in [0.3, 0.4) is 0 Å². The number of halogens is 1. The summed E-state index contributed by atoms with van der Waals surface area (Å²) >= 11 is 0. The number of fused-ring (bicyclic) bond motifs is 1. The maximum Gasteiger partial charge on any atom is 0.299 e. The Morgan fingerprint density at radius 3 is 2.79 bits per heavy atom. The Hall–Kier alpha value is -2.57. The Bertz CT molecular complexity index is 695. The van der Waals surface area contributed by atoms with E-state index in [9.17, 15) is 14.0 Å². The largest absolute Gasteiger partial charge is 0.424 e. The van der Waals surface area contributed by atoms with Crippen LogP contribution in [0.2, 0.25) is 0 Å². The van der Waals surface area contributed by atoms with Crippen LogP contribution in [-0.4, -0.2) is 21.9 Å². The van der Waals surface area contributed by atoms with Crippen LogP contribution in [0.5, 0.6) is 0 Å². The van der Waals surface area contributed by atoms with E-state index in [1.54, 1.807) is 6.92 Å². The van der Waals surface area contributed by atoms with Crippen LogP contribution in [0.15, 0.2) is 22.6 Å². The van der Waals surface area contributed by atoms with Crippen molar-refractivity contribution in [1.82, 2.24) is 10.2 Å². The number of aryl methyl sites for hydroxylation is 1. The van der Waals surface area contributed by atoms with E-state index in [2.05, 4.69) is 10.2 Å². The fraction of sp³-hybridized carbons (Fsp3) is 0.167. The first-order valence-corrected chi connectivity index (χ1v) is 5.51. The lowest BCUT2D eigenvalue weighted by Crippen LogP contribution is -2.29. The molecule has 0 aliphatic carbocycles. The van der Waals surface area contributed by atoms with Crippen molar-refractivity contribution in [3.8, 4) is 0 Å². The second-order valence-electron chi connectivity index (χ2n) is 4.10. The second kappa shape index (κ2) is 3.98. The number of Topliss-reactive ketones (excluding diaryl/α,β-unsaturated/α-hetero) is 1. The van der Waals surface area contributed by atoms with E-state index in [0.717, 1.165) is 6.07 Å². The molecule has 0 bridgehead atoms. The molecule has 1 aliphatic rings. The molecule has 2 heterocycles. The number of aromatic nitrogens is 2. The lowest BCUT2D eigenvalue weighted by atomic mass is 10.1. The minimum atomic E-state index is -0.731. The smallest absolute Gasteiger partial charge is 0.299 e. The van der Waals surface area contributed by atoms with Gasteiger partial charge in [0.2, 0.25) is 11.8 Å². The zero-order valence-corrected chi connectivity index (χ0v) is 9.88. The van der Waals surface area contributed by atoms with E-state index in [1.165, 1.54) is 17.0 Å². The van der Waals surface area contributed by atoms with Gasteiger partial charge in [0.05, 0.1) is 11.3 Å². The van der Waals surface area contributed by atoms with E-state index >= 15 is 0 Å². The van der Waals surface area contributed by atoms with E-state index in [1.807, 2.05) is 0 Å². The van der Waals surface area contributed by atoms with E-state index in [0.29, 0.717) is 11.6 Å². The third-order valence-electron chi connectivity index (χ3n) is 2.79. The maximum atomic E-state index is 13.1. The summed E-state index contributed by atoms with van der Waals surface area (Å²) in [5, 5.41) is 7.41. The molecule has 0 atom stereocenters. The van der Waals surface area contributed by atoms with Crippen molar-refractivity contribution in [3.63, 3.8) is 0 Å². The highest BCUT2D eigenvalue weighted by Gasteiger charge is 2.36. The molecule has 0 saturated carbocycles. The predicted octanol–water partition coefficient (Wildman–Crippen LogP) is 1.25. The molecule has 0 unspecified atom stereocenters. The van der Waals surface area contributed by atoms with Gasteiger partial charge in [0.25, 0.3) is 11.7 Å². The first kappa shape index (κ1) is 11.5. The second-order valence-corrected chi connectivity index (χ2v) is 4.10. The number of ketones is 1. The summed E-state index contributed by atoms with van der Waals surface area (Å²) in [4.78, 5) is 24.8. The first-order chi connectivity index (χ1) is 9.06. The summed E-state index contributed by atoms with van der Waals surface area (Å²) in [7, 11) is 0. The van der Waals surface area contributed by atoms with Gasteiger partial charge in [0, 0.05) is 6.92 Å². The van der Waals surface area contributed by atoms with Gasteiger partial charge < -0.3 is 4.42 Å². The fourth-order valence-electron chi connectivity index (χ4n) is 1.97. The standard InChI is InChI=1S/C12H8FN3O3/c1-6-14-15-10(19-6)5-16-9-3-2-7(13)4-8(9)11(17)12(16)18/h2-4H,5H2,1H3. The third-order valence-corrected chi connectivity index (χ3v) is 2.79. The molecule has 0 N–H and O–H groups in total. The van der Waals surface area contributed by atoms with Crippen LogP contribution in [0.25, 0.3) is 0 Å². The number of amides is 1. The maximum absolute atomic E-state index is 13.1. The summed E-state index contributed by atoms with van der Waals surface area (Å²) in [5.74, 6) is -1.43. The molecule has 3 rings (SSSR count). The highest BCUT2D eigenvalue weighted by Crippen LogP contribution is 2.30. The fourth-order valence-corrected chi connectivity index (χ4v) is 1.97. The topological polar surface area (TPSA) is 76.3 Å². The number of anilines is 1. The molecule has 1 aliphatic heterocycles. The summed E-state index contributed by atoms with van der Waals surface area (Å²) in [6.07, 6.45) is 0. The molecule has 1 aromatic carbocycles. The number of hydrogen-bond donors (Lipinski definition) is 0. The van der Waals surface area contributed by atoms with Crippen LogP contribution in [-0.2, 0) is 11.3 Å². The van der Waals surface area contributed by atoms with Crippen LogP contribution >= 0.6 is 0 Å². The summed E-state index contributed by atoms with van der Waals surface area (Å²) < 4.78 is 18.3. The van der Waals surface area contributed by atoms with Crippen molar-refractivity contribution in [2.75, 3.05) is 4.90 Å². The molecule has 0 fully saturated rings. The molecule has 2 aromatic rings. The van der Waals surface area contributed by atoms with Crippen molar-refractivity contribution in [3.05, 3.63) is 41.4 Å². The molecule has 19 heavy (non-hydrogen) atoms. The van der Waals surface area contributed by atoms with Gasteiger partial charge >= 0.3 is 0 Å². The minimum absolute atomic E-state index is 0.00988. The molecule has 1 amide bonds. The van der Waals surface area contributed by atoms with Gasteiger partial charge in [-0.05, 0) is 18.2 Å². The Morgan fingerprint density at radius 1 is 1.32 bits per heavy atom. The lowest BCUT2D eigenvalue weighted by Gasteiger charge is -2.13. The van der Waals surface area contributed by atoms with Crippen molar-refractivity contribution in [2.45, 2.75) is 13.5 Å². The molecular weight excluding hydrogens is 253 g/mol. The molecule has 0 saturated heterocycles. The SMILES string of the molecule is Cc1nnc(CN2C(=O)C(=O)c3cc(F)ccc32)o1. The first-order valence-electron chi connectivity index (χ1n) is 5.51. The molecule has 0 spiro atoms. The number of hydrogen-bond acceptors (Lipinski definition) is 5. The van der Waals surface area contributed by atoms with Crippen LogP contribution in [0.1, 0.15) is 22.1 Å². The van der Waals surface area contributed by atoms with Crippen molar-refractivity contribution < 1.29 is 18.4 Å². The quantitative estimate of drug-likeness (QED) is 0.760. The molecule has 6 nitrogen and oxygen atoms in total. The van der Waals surface area contributed by atoms with Gasteiger partial charge in [-0.1, -0.05) is 0 Å². The third kappa shape index (κ3) is 1.79. The summed E-state index contributed by atoms with van der Waals surface area (Å²) in [6.45, 7) is 1.61. The van der Waals surface area contributed by atoms with Crippen molar-refractivity contribution >= 4 is 17.4 Å². The predicted molar refractivity (Wildman–Crippen MR) is 61.0 cm³/mol. The van der Waals surface area contributed by atoms with Crippen LogP contribution in [0.4, 0.5) is 10.1 Å². The van der Waals surface area contributed by atoms with E-state index in [4.69, 9.17) is 4.42 Å². The molecular formula is C12H8FN3O3. The Morgan fingerprint density at radius 2 is 2.11 bits per heavy atom. The summed E-state index contributed by atoms with van der Waals surface area (Å²) in [6, 6.07) is 3.63. The number of nitrogens with zero attached hydrogens (tertiary/aromatic N) is 3. The number of benzene rings is 1. The van der Waals surface area contributed by atoms with Gasteiger partial charge in [-0.3, -0.25) is 14.5 Å². The van der Waals surface area contributed by atoms with Crippen molar-refractivity contribution in [1.29, 1.82) is 0 Å². The zero-order valence-electron chi connectivity index (χ0n) is 9.88. The summed E-state index contributed by atoms with van der Waals surface area (Å²) in [5.41, 5.74) is 0.411. The highest BCUT2D eigenvalue weighted by molar-refractivity contribution is 6.52. The van der Waals surface area contributed by atoms with Crippen LogP contribution in [0, 0.1) is 12.7 Å². The average molecular weight is 261 g/mol. The van der Waals surface area contributed by atoms with Crippen molar-refractivity contribution in [2.24, 2.45) is 0 Å². The van der Waals surface area contributed by atoms with Gasteiger partial charge in [-0.15, -0.1) is 10.2 Å². The van der Waals surface area contributed by atoms with E-state index in [-0.39, 0.29) is 18.0 Å². The van der Waals surface area contributed by atoms with Gasteiger partial charge in [-0.2, -0.15) is 0 Å². The molecule has 0 radical (unpaired) electrons. The number of carbonyl (C=O) groups excluding carboxylic acids is 2. The lowest BCUT2D eigenvalue weighted by molar-refractivity contribution is -0.114. The van der Waals surface area contributed by atoms with Gasteiger partial charge in [0.1, 0.15) is 12.4 Å². The Kier molecular flexibility index (Phi) is 2.41. The number of rotatable bonds is 2. The minimum Gasteiger partial charge on any atom is -0.424 e. The zero-order chi connectivity index (χ0) is 13.6. The van der Waals surface area contributed by atoms with Crippen LogP contribution < -0.4 is 4.90 Å².